The van der Waals surface area contributed by atoms with Crippen LogP contribution in [0.1, 0.15) is 12.8 Å². The van der Waals surface area contributed by atoms with E-state index in [2.05, 4.69) is 0 Å². The molecule has 0 fully saturated rings. The molecule has 0 saturated carbocycles. The molecule has 0 heterocycles. The van der Waals surface area contributed by atoms with Crippen LogP contribution in [0, 0.1) is 0 Å². The Morgan fingerprint density at radius 1 is 1.45 bits per heavy atom. The van der Waals surface area contributed by atoms with Crippen molar-refractivity contribution in [3.63, 3.8) is 0 Å². The number of carbonyl (C=O) groups excluding carboxylic acids is 1. The van der Waals surface area contributed by atoms with E-state index >= 15 is 0 Å². The molecule has 0 bridgehead atoms. The smallest absolute Gasteiger partial charge is 0.320 e. The summed E-state index contributed by atoms with van der Waals surface area (Å²) in [5.74, 6) is -1.64. The second-order valence-corrected chi connectivity index (χ2v) is 1.95. The number of primary amides is 1. The second-order valence-electron chi connectivity index (χ2n) is 1.95. The molecule has 5 nitrogen and oxygen atoms in total. The maximum atomic E-state index is 10.1. The van der Waals surface area contributed by atoms with E-state index in [0.29, 0.717) is 0 Å². The maximum absolute atomic E-state index is 10.1. The van der Waals surface area contributed by atoms with Crippen LogP contribution in [-0.2, 0) is 32.0 Å². The molecule has 0 aliphatic heterocycles. The zero-order valence-electron chi connectivity index (χ0n) is 5.71. The van der Waals surface area contributed by atoms with Crippen LogP contribution in [-0.4, -0.2) is 23.0 Å². The fraction of sp³-hybridized carbons (Fsp3) is 0.600. The Morgan fingerprint density at radius 2 is 1.91 bits per heavy atom. The van der Waals surface area contributed by atoms with Crippen LogP contribution < -0.4 is 11.5 Å². The molecular weight excluding hydrogens is 244 g/mol. The minimum atomic E-state index is -1.11. The number of hydrogen-bond donors (Lipinski definition) is 3. The topological polar surface area (TPSA) is 106 Å². The van der Waals surface area contributed by atoms with Crippen molar-refractivity contribution in [3.8, 4) is 0 Å². The first-order valence-electron chi connectivity index (χ1n) is 2.80. The zero-order valence-corrected chi connectivity index (χ0v) is 7.19. The Labute approximate surface area is 79.6 Å². The monoisotopic (exact) mass is 253 g/mol. The molecule has 6 heteroatoms. The summed E-state index contributed by atoms with van der Waals surface area (Å²) >= 11 is 0. The van der Waals surface area contributed by atoms with Crippen LogP contribution in [0.25, 0.3) is 0 Å². The summed E-state index contributed by atoms with van der Waals surface area (Å²) in [6, 6.07) is -0.979. The molecule has 0 aromatic heterocycles. The SMILES string of the molecule is NC(=O)CCC(N)C(=O)O.[Ag]. The molecule has 69 valence electrons. The summed E-state index contributed by atoms with van der Waals surface area (Å²) < 4.78 is 0. The normalized spacial score (nSPS) is 11.4. The van der Waals surface area contributed by atoms with Gasteiger partial charge in [0.2, 0.25) is 5.91 Å². The van der Waals surface area contributed by atoms with Gasteiger partial charge < -0.3 is 16.6 Å². The average Bonchev–Trinajstić information content (AvgIpc) is 1.82. The Bertz CT molecular complexity index is 151. The van der Waals surface area contributed by atoms with Crippen molar-refractivity contribution in [2.24, 2.45) is 11.5 Å². The van der Waals surface area contributed by atoms with Gasteiger partial charge in [0.25, 0.3) is 0 Å². The molecule has 1 atom stereocenters. The zero-order chi connectivity index (χ0) is 8.15. The largest absolute Gasteiger partial charge is 0.480 e. The van der Waals surface area contributed by atoms with Crippen LogP contribution in [0.15, 0.2) is 0 Å². The molecule has 1 unspecified atom stereocenters. The molecule has 0 aliphatic rings. The minimum Gasteiger partial charge on any atom is -0.480 e. The molecule has 0 aromatic rings. The summed E-state index contributed by atoms with van der Waals surface area (Å²) in [6.07, 6.45) is 0.123. The van der Waals surface area contributed by atoms with Gasteiger partial charge in [-0.15, -0.1) is 0 Å². The van der Waals surface area contributed by atoms with Crippen molar-refractivity contribution in [2.45, 2.75) is 18.9 Å². The van der Waals surface area contributed by atoms with Crippen LogP contribution in [0.5, 0.6) is 0 Å². The standard InChI is InChI=1S/C5H10N2O3.Ag/c6-3(5(9)10)1-2-4(7)8;/h3H,1-2,6H2,(H2,7,8)(H,9,10);. The van der Waals surface area contributed by atoms with Gasteiger partial charge in [-0.05, 0) is 6.42 Å². The third-order valence-corrected chi connectivity index (χ3v) is 1.02. The summed E-state index contributed by atoms with van der Waals surface area (Å²) in [5, 5.41) is 8.22. The van der Waals surface area contributed by atoms with Crippen LogP contribution >= 0.6 is 0 Å². The maximum Gasteiger partial charge on any atom is 0.320 e. The number of rotatable bonds is 4. The molecule has 1 amide bonds. The first-order valence-corrected chi connectivity index (χ1v) is 2.80. The van der Waals surface area contributed by atoms with E-state index in [-0.39, 0.29) is 35.2 Å². The third kappa shape index (κ3) is 7.54. The molecule has 0 saturated heterocycles. The van der Waals surface area contributed by atoms with Crippen molar-refractivity contribution in [1.82, 2.24) is 0 Å². The Kier molecular flexibility index (Phi) is 7.65. The van der Waals surface area contributed by atoms with Crippen LogP contribution in [0.3, 0.4) is 0 Å². The van der Waals surface area contributed by atoms with Crippen molar-refractivity contribution < 1.29 is 37.1 Å². The Balaban J connectivity index is 0. The van der Waals surface area contributed by atoms with E-state index in [0.717, 1.165) is 0 Å². The molecular formula is C5H10AgN2O3. The number of aliphatic carboxylic acids is 1. The van der Waals surface area contributed by atoms with Crippen LogP contribution in [0.2, 0.25) is 0 Å². The van der Waals surface area contributed by atoms with Gasteiger partial charge in [-0.3, -0.25) is 9.59 Å². The molecule has 0 aliphatic carbocycles. The number of carboxylic acid groups (broad SMARTS) is 1. The van der Waals surface area contributed by atoms with E-state index in [1.54, 1.807) is 0 Å². The van der Waals surface area contributed by atoms with Gasteiger partial charge in [-0.1, -0.05) is 0 Å². The number of carboxylic acids is 1. The van der Waals surface area contributed by atoms with Crippen molar-refractivity contribution >= 4 is 11.9 Å². The molecule has 0 spiro atoms. The Hall–Kier alpha value is -0.360. The quantitative estimate of drug-likeness (QED) is 0.540. The van der Waals surface area contributed by atoms with Gasteiger partial charge in [-0.25, -0.2) is 0 Å². The van der Waals surface area contributed by atoms with E-state index in [9.17, 15) is 9.59 Å². The number of hydrogen-bond acceptors (Lipinski definition) is 3. The van der Waals surface area contributed by atoms with Gasteiger partial charge in [0.1, 0.15) is 6.04 Å². The fourth-order valence-electron chi connectivity index (χ4n) is 0.421. The van der Waals surface area contributed by atoms with Gasteiger partial charge in [0.15, 0.2) is 0 Å². The van der Waals surface area contributed by atoms with E-state index in [1.165, 1.54) is 0 Å². The van der Waals surface area contributed by atoms with Crippen molar-refractivity contribution in [2.75, 3.05) is 0 Å². The average molecular weight is 254 g/mol. The number of nitrogens with two attached hydrogens (primary N) is 2. The van der Waals surface area contributed by atoms with Crippen molar-refractivity contribution in [3.05, 3.63) is 0 Å². The van der Waals surface area contributed by atoms with E-state index in [1.807, 2.05) is 0 Å². The molecule has 1 radical (unpaired) electrons. The van der Waals surface area contributed by atoms with E-state index < -0.39 is 17.9 Å². The molecule has 5 N–H and O–H groups in total. The Morgan fingerprint density at radius 3 is 2.18 bits per heavy atom. The van der Waals surface area contributed by atoms with E-state index in [4.69, 9.17) is 16.6 Å². The predicted octanol–water partition coefficient (Wildman–Crippen LogP) is -1.34. The minimum absolute atomic E-state index is 0. The van der Waals surface area contributed by atoms with Gasteiger partial charge in [0.05, 0.1) is 0 Å². The predicted molar refractivity (Wildman–Crippen MR) is 34.0 cm³/mol. The molecule has 0 aromatic carbocycles. The fourth-order valence-corrected chi connectivity index (χ4v) is 0.421. The summed E-state index contributed by atoms with van der Waals surface area (Å²) in [4.78, 5) is 20.1. The van der Waals surface area contributed by atoms with Crippen molar-refractivity contribution in [1.29, 1.82) is 0 Å². The molecule has 0 rings (SSSR count). The first-order chi connectivity index (χ1) is 4.54. The third-order valence-electron chi connectivity index (χ3n) is 1.02. The van der Waals surface area contributed by atoms with Crippen LogP contribution in [0.4, 0.5) is 0 Å². The van der Waals surface area contributed by atoms with Gasteiger partial charge in [-0.2, -0.15) is 0 Å². The number of carbonyl (C=O) groups is 2. The second kappa shape index (κ2) is 6.36. The van der Waals surface area contributed by atoms with Gasteiger partial charge >= 0.3 is 5.97 Å². The molecule has 11 heavy (non-hydrogen) atoms. The summed E-state index contributed by atoms with van der Waals surface area (Å²) in [7, 11) is 0. The summed E-state index contributed by atoms with van der Waals surface area (Å²) in [5.41, 5.74) is 9.81. The van der Waals surface area contributed by atoms with Gasteiger partial charge in [0, 0.05) is 28.8 Å². The summed E-state index contributed by atoms with van der Waals surface area (Å²) in [6.45, 7) is 0. The number of amides is 1. The first kappa shape index (κ1) is 13.2.